The number of nitrogens with two attached hydrogens (primary N) is 1. The van der Waals surface area contributed by atoms with Gasteiger partial charge < -0.3 is 20.1 Å². The molecule has 2 rings (SSSR count). The number of para-hydroxylation sites is 1. The summed E-state index contributed by atoms with van der Waals surface area (Å²) in [4.78, 5) is 6.48. The first kappa shape index (κ1) is 14.4. The van der Waals surface area contributed by atoms with Crippen molar-refractivity contribution >= 4 is 5.96 Å². The molecule has 1 heterocycles. The number of morpholine rings is 1. The Hall–Kier alpha value is -2.01. The van der Waals surface area contributed by atoms with Gasteiger partial charge in [0.25, 0.3) is 0 Å². The molecule has 0 aromatic heterocycles. The summed E-state index contributed by atoms with van der Waals surface area (Å²) in [6.07, 6.45) is 1.72. The molecule has 20 heavy (non-hydrogen) atoms. The molecule has 0 aliphatic carbocycles. The Balaban J connectivity index is 1.99. The van der Waals surface area contributed by atoms with Crippen molar-refractivity contribution in [3.8, 4) is 5.75 Å². The number of hydrogen-bond donors (Lipinski definition) is 1. The molecule has 108 valence electrons. The average molecular weight is 275 g/mol. The average Bonchev–Trinajstić information content (AvgIpc) is 2.52. The van der Waals surface area contributed by atoms with Gasteiger partial charge in [0.1, 0.15) is 12.4 Å². The monoisotopic (exact) mass is 275 g/mol. The van der Waals surface area contributed by atoms with E-state index in [0.717, 1.165) is 24.4 Å². The molecule has 0 radical (unpaired) electrons. The van der Waals surface area contributed by atoms with E-state index in [0.29, 0.717) is 32.3 Å². The maximum atomic E-state index is 6.01. The molecular formula is C15H21N3O2. The van der Waals surface area contributed by atoms with Crippen molar-refractivity contribution in [2.24, 2.45) is 10.7 Å². The van der Waals surface area contributed by atoms with Gasteiger partial charge in [0.2, 0.25) is 0 Å². The summed E-state index contributed by atoms with van der Waals surface area (Å²) in [5, 5.41) is 0. The topological polar surface area (TPSA) is 60.1 Å². The van der Waals surface area contributed by atoms with Crippen LogP contribution in [0.1, 0.15) is 5.56 Å². The van der Waals surface area contributed by atoms with E-state index in [1.807, 2.05) is 29.2 Å². The molecular weight excluding hydrogens is 254 g/mol. The van der Waals surface area contributed by atoms with E-state index in [-0.39, 0.29) is 0 Å². The van der Waals surface area contributed by atoms with Gasteiger partial charge in [0.15, 0.2) is 5.96 Å². The van der Waals surface area contributed by atoms with Crippen LogP contribution in [0.4, 0.5) is 0 Å². The Morgan fingerprint density at radius 2 is 2.15 bits per heavy atom. The quantitative estimate of drug-likeness (QED) is 0.501. The fourth-order valence-electron chi connectivity index (χ4n) is 1.98. The predicted octanol–water partition coefficient (Wildman–Crippen LogP) is 1.40. The van der Waals surface area contributed by atoms with Gasteiger partial charge in [-0.25, -0.2) is 4.99 Å². The Morgan fingerprint density at radius 1 is 1.40 bits per heavy atom. The first-order valence-electron chi connectivity index (χ1n) is 6.75. The highest BCUT2D eigenvalue weighted by atomic mass is 16.5. The van der Waals surface area contributed by atoms with E-state index in [1.165, 1.54) is 0 Å². The molecule has 0 bridgehead atoms. The highest BCUT2D eigenvalue weighted by molar-refractivity contribution is 5.78. The van der Waals surface area contributed by atoms with E-state index in [9.17, 15) is 0 Å². The van der Waals surface area contributed by atoms with Gasteiger partial charge >= 0.3 is 0 Å². The zero-order valence-electron chi connectivity index (χ0n) is 11.6. The number of nitrogens with zero attached hydrogens (tertiary/aromatic N) is 2. The van der Waals surface area contributed by atoms with Crippen molar-refractivity contribution in [3.63, 3.8) is 0 Å². The van der Waals surface area contributed by atoms with E-state index in [1.54, 1.807) is 6.08 Å². The molecule has 5 heteroatoms. The molecule has 5 nitrogen and oxygen atoms in total. The highest BCUT2D eigenvalue weighted by Crippen LogP contribution is 2.18. The first-order valence-corrected chi connectivity index (χ1v) is 6.75. The fraction of sp³-hybridized carbons (Fsp3) is 0.400. The maximum Gasteiger partial charge on any atom is 0.191 e. The number of guanidine groups is 1. The lowest BCUT2D eigenvalue weighted by atomic mass is 10.2. The largest absolute Gasteiger partial charge is 0.489 e. The minimum Gasteiger partial charge on any atom is -0.489 e. The summed E-state index contributed by atoms with van der Waals surface area (Å²) in [6.45, 7) is 7.64. The van der Waals surface area contributed by atoms with E-state index in [4.69, 9.17) is 15.2 Å². The zero-order chi connectivity index (χ0) is 14.2. The van der Waals surface area contributed by atoms with Gasteiger partial charge in [-0.15, -0.1) is 0 Å². The molecule has 0 unspecified atom stereocenters. The summed E-state index contributed by atoms with van der Waals surface area (Å²) < 4.78 is 10.9. The van der Waals surface area contributed by atoms with Crippen molar-refractivity contribution in [1.29, 1.82) is 0 Å². The molecule has 0 atom stereocenters. The Morgan fingerprint density at radius 3 is 2.90 bits per heavy atom. The second-order valence-electron chi connectivity index (χ2n) is 4.48. The Bertz CT molecular complexity index is 468. The predicted molar refractivity (Wildman–Crippen MR) is 79.9 cm³/mol. The van der Waals surface area contributed by atoms with Crippen LogP contribution >= 0.6 is 0 Å². The third-order valence-electron chi connectivity index (χ3n) is 3.08. The lowest BCUT2D eigenvalue weighted by Crippen LogP contribution is -2.44. The summed E-state index contributed by atoms with van der Waals surface area (Å²) >= 11 is 0. The summed E-state index contributed by atoms with van der Waals surface area (Å²) in [5.74, 6) is 1.39. The van der Waals surface area contributed by atoms with Crippen molar-refractivity contribution in [2.45, 2.75) is 6.54 Å². The van der Waals surface area contributed by atoms with Crippen molar-refractivity contribution < 1.29 is 9.47 Å². The second-order valence-corrected chi connectivity index (χ2v) is 4.48. The lowest BCUT2D eigenvalue weighted by molar-refractivity contribution is 0.0674. The molecule has 0 spiro atoms. The molecule has 2 N–H and O–H groups in total. The van der Waals surface area contributed by atoms with Crippen molar-refractivity contribution in [1.82, 2.24) is 4.90 Å². The summed E-state index contributed by atoms with van der Waals surface area (Å²) in [6, 6.07) is 7.83. The molecule has 1 aliphatic rings. The van der Waals surface area contributed by atoms with Crippen LogP contribution in [0.25, 0.3) is 0 Å². The summed E-state index contributed by atoms with van der Waals surface area (Å²) in [7, 11) is 0. The molecule has 1 fully saturated rings. The van der Waals surface area contributed by atoms with E-state index < -0.39 is 0 Å². The molecule has 1 saturated heterocycles. The van der Waals surface area contributed by atoms with E-state index >= 15 is 0 Å². The maximum absolute atomic E-state index is 6.01. The number of aliphatic imine (C=N–C) groups is 1. The third kappa shape index (κ3) is 3.99. The molecule has 1 aliphatic heterocycles. The number of hydrogen-bond acceptors (Lipinski definition) is 3. The van der Waals surface area contributed by atoms with E-state index in [2.05, 4.69) is 11.6 Å². The Labute approximate surface area is 119 Å². The molecule has 1 aromatic carbocycles. The standard InChI is InChI=1S/C15H21N3O2/c1-2-9-20-14-6-4-3-5-13(14)12-17-15(16)18-7-10-19-11-8-18/h2-6H,1,7-12H2,(H2,16,17). The van der Waals surface area contributed by atoms with Crippen LogP contribution in [0.15, 0.2) is 41.9 Å². The fourth-order valence-corrected chi connectivity index (χ4v) is 1.98. The van der Waals surface area contributed by atoms with Crippen LogP contribution in [0.3, 0.4) is 0 Å². The van der Waals surface area contributed by atoms with Crippen LogP contribution in [0.2, 0.25) is 0 Å². The van der Waals surface area contributed by atoms with Crippen LogP contribution in [-0.4, -0.2) is 43.8 Å². The van der Waals surface area contributed by atoms with Crippen LogP contribution < -0.4 is 10.5 Å². The van der Waals surface area contributed by atoms with Gasteiger partial charge in [-0.1, -0.05) is 30.9 Å². The number of ether oxygens (including phenoxy) is 2. The first-order chi connectivity index (χ1) is 9.81. The van der Waals surface area contributed by atoms with Gasteiger partial charge in [-0.2, -0.15) is 0 Å². The number of rotatable bonds is 5. The lowest BCUT2D eigenvalue weighted by Gasteiger charge is -2.27. The normalized spacial score (nSPS) is 16.0. The van der Waals surface area contributed by atoms with Gasteiger partial charge in [-0.3, -0.25) is 0 Å². The summed E-state index contributed by atoms with van der Waals surface area (Å²) in [5.41, 5.74) is 7.03. The van der Waals surface area contributed by atoms with Gasteiger partial charge in [-0.05, 0) is 6.07 Å². The van der Waals surface area contributed by atoms with Crippen LogP contribution in [0, 0.1) is 0 Å². The molecule has 0 amide bonds. The second kappa shape index (κ2) is 7.55. The van der Waals surface area contributed by atoms with Crippen molar-refractivity contribution in [3.05, 3.63) is 42.5 Å². The highest BCUT2D eigenvalue weighted by Gasteiger charge is 2.12. The molecule has 1 aromatic rings. The van der Waals surface area contributed by atoms with Gasteiger partial charge in [0, 0.05) is 18.7 Å². The van der Waals surface area contributed by atoms with Crippen molar-refractivity contribution in [2.75, 3.05) is 32.9 Å². The molecule has 0 saturated carbocycles. The smallest absolute Gasteiger partial charge is 0.191 e. The van der Waals surface area contributed by atoms with Gasteiger partial charge in [0.05, 0.1) is 19.8 Å². The minimum absolute atomic E-state index is 0.486. The number of benzene rings is 1. The third-order valence-corrected chi connectivity index (χ3v) is 3.08. The zero-order valence-corrected chi connectivity index (χ0v) is 11.6. The minimum atomic E-state index is 0.486. The van der Waals surface area contributed by atoms with Crippen LogP contribution in [-0.2, 0) is 11.3 Å². The Kier molecular flexibility index (Phi) is 5.43. The SMILES string of the molecule is C=CCOc1ccccc1CN=C(N)N1CCOCC1. The van der Waals surface area contributed by atoms with Crippen LogP contribution in [0.5, 0.6) is 5.75 Å².